The number of nitrogens with one attached hydrogen (secondary N) is 1. The molecule has 0 aliphatic carbocycles. The molecule has 19 heavy (non-hydrogen) atoms. The molecule has 1 saturated heterocycles. The topological polar surface area (TPSA) is 46.9 Å². The molecule has 1 N–H and O–H groups in total. The van der Waals surface area contributed by atoms with Gasteiger partial charge in [-0.15, -0.1) is 0 Å². The molecule has 1 aliphatic heterocycles. The number of carbonyl (C=O) groups excluding carboxylic acids is 1. The standard InChI is InChI=1S/C15H19N3O/c1-10(2)11-3-4-12-8-17-18(14(12)7-11)9-13-5-6-16-15(13)19/h3-4,7-8,10,13H,5-6,9H2,1-2H3,(H,16,19). The normalized spacial score (nSPS) is 19.3. The van der Waals surface area contributed by atoms with Gasteiger partial charge in [0.25, 0.3) is 0 Å². The summed E-state index contributed by atoms with van der Waals surface area (Å²) in [6, 6.07) is 6.46. The van der Waals surface area contributed by atoms with Gasteiger partial charge in [0.05, 0.1) is 24.2 Å². The third-order valence-electron chi connectivity index (χ3n) is 3.89. The lowest BCUT2D eigenvalue weighted by Gasteiger charge is -2.10. The van der Waals surface area contributed by atoms with Crippen LogP contribution < -0.4 is 5.32 Å². The van der Waals surface area contributed by atoms with Gasteiger partial charge in [-0.25, -0.2) is 0 Å². The van der Waals surface area contributed by atoms with Crippen LogP contribution in [0.1, 0.15) is 31.7 Å². The summed E-state index contributed by atoms with van der Waals surface area (Å²) in [5.41, 5.74) is 2.44. The average molecular weight is 257 g/mol. The van der Waals surface area contributed by atoms with Crippen LogP contribution in [0.4, 0.5) is 0 Å². The molecule has 100 valence electrons. The fourth-order valence-corrected chi connectivity index (χ4v) is 2.62. The van der Waals surface area contributed by atoms with Crippen molar-refractivity contribution < 1.29 is 4.79 Å². The van der Waals surface area contributed by atoms with Crippen molar-refractivity contribution in [3.63, 3.8) is 0 Å². The van der Waals surface area contributed by atoms with Crippen molar-refractivity contribution in [2.45, 2.75) is 32.7 Å². The van der Waals surface area contributed by atoms with Crippen LogP contribution in [0, 0.1) is 5.92 Å². The van der Waals surface area contributed by atoms with Crippen molar-refractivity contribution in [1.82, 2.24) is 15.1 Å². The van der Waals surface area contributed by atoms with Crippen LogP contribution in [-0.4, -0.2) is 22.2 Å². The number of aromatic nitrogens is 2. The number of nitrogens with zero attached hydrogens (tertiary/aromatic N) is 2. The summed E-state index contributed by atoms with van der Waals surface area (Å²) in [5, 5.41) is 8.45. The predicted molar refractivity (Wildman–Crippen MR) is 74.9 cm³/mol. The number of rotatable bonds is 3. The summed E-state index contributed by atoms with van der Waals surface area (Å²) < 4.78 is 1.97. The summed E-state index contributed by atoms with van der Waals surface area (Å²) in [4.78, 5) is 11.7. The van der Waals surface area contributed by atoms with Crippen LogP contribution >= 0.6 is 0 Å². The Morgan fingerprint density at radius 1 is 1.47 bits per heavy atom. The van der Waals surface area contributed by atoms with E-state index in [0.717, 1.165) is 23.9 Å². The van der Waals surface area contributed by atoms with Crippen LogP contribution in [0.25, 0.3) is 10.9 Å². The van der Waals surface area contributed by atoms with E-state index in [0.29, 0.717) is 12.5 Å². The fraction of sp³-hybridized carbons (Fsp3) is 0.467. The van der Waals surface area contributed by atoms with Crippen molar-refractivity contribution in [2.24, 2.45) is 5.92 Å². The first-order valence-corrected chi connectivity index (χ1v) is 6.88. The first kappa shape index (κ1) is 12.2. The molecule has 0 bridgehead atoms. The van der Waals surface area contributed by atoms with E-state index in [9.17, 15) is 4.79 Å². The van der Waals surface area contributed by atoms with Crippen molar-refractivity contribution in [3.05, 3.63) is 30.0 Å². The molecule has 2 aromatic rings. The molecule has 1 unspecified atom stereocenters. The molecule has 2 heterocycles. The largest absolute Gasteiger partial charge is 0.356 e. The number of amides is 1. The minimum absolute atomic E-state index is 0.0609. The predicted octanol–water partition coefficient (Wildman–Crippen LogP) is 2.30. The van der Waals surface area contributed by atoms with E-state index in [4.69, 9.17) is 0 Å². The third kappa shape index (κ3) is 2.23. The number of hydrogen-bond acceptors (Lipinski definition) is 2. The summed E-state index contributed by atoms with van der Waals surface area (Å²) in [7, 11) is 0. The summed E-state index contributed by atoms with van der Waals surface area (Å²) >= 11 is 0. The highest BCUT2D eigenvalue weighted by Crippen LogP contribution is 2.22. The van der Waals surface area contributed by atoms with Gasteiger partial charge in [-0.05, 0) is 24.0 Å². The Kier molecular flexibility index (Phi) is 3.01. The van der Waals surface area contributed by atoms with E-state index in [1.54, 1.807) is 0 Å². The van der Waals surface area contributed by atoms with Gasteiger partial charge in [0.1, 0.15) is 0 Å². The Morgan fingerprint density at radius 2 is 2.32 bits per heavy atom. The zero-order valence-electron chi connectivity index (χ0n) is 11.4. The van der Waals surface area contributed by atoms with Crippen LogP contribution in [-0.2, 0) is 11.3 Å². The highest BCUT2D eigenvalue weighted by atomic mass is 16.2. The van der Waals surface area contributed by atoms with Crippen LogP contribution in [0.3, 0.4) is 0 Å². The molecule has 1 fully saturated rings. The van der Waals surface area contributed by atoms with E-state index in [2.05, 4.69) is 42.5 Å². The molecule has 1 aromatic carbocycles. The lowest BCUT2D eigenvalue weighted by atomic mass is 10.0. The van der Waals surface area contributed by atoms with Gasteiger partial charge >= 0.3 is 0 Å². The summed E-state index contributed by atoms with van der Waals surface area (Å²) in [6.07, 6.45) is 2.79. The Bertz CT molecular complexity index is 615. The van der Waals surface area contributed by atoms with Gasteiger partial charge < -0.3 is 5.32 Å². The maximum absolute atomic E-state index is 11.7. The second-order valence-electron chi connectivity index (χ2n) is 5.58. The molecule has 0 saturated carbocycles. The summed E-state index contributed by atoms with van der Waals surface area (Å²) in [6.45, 7) is 5.84. The monoisotopic (exact) mass is 257 g/mol. The first-order valence-electron chi connectivity index (χ1n) is 6.88. The number of hydrogen-bond donors (Lipinski definition) is 1. The van der Waals surface area contributed by atoms with E-state index < -0.39 is 0 Å². The molecule has 3 rings (SSSR count). The van der Waals surface area contributed by atoms with Crippen molar-refractivity contribution in [2.75, 3.05) is 6.54 Å². The van der Waals surface area contributed by atoms with Gasteiger partial charge in [0.15, 0.2) is 0 Å². The van der Waals surface area contributed by atoms with Crippen LogP contribution in [0.15, 0.2) is 24.4 Å². The molecule has 4 heteroatoms. The zero-order valence-corrected chi connectivity index (χ0v) is 11.4. The van der Waals surface area contributed by atoms with Gasteiger partial charge in [0.2, 0.25) is 5.91 Å². The minimum Gasteiger partial charge on any atom is -0.356 e. The molecular formula is C15H19N3O. The quantitative estimate of drug-likeness (QED) is 0.917. The lowest BCUT2D eigenvalue weighted by Crippen LogP contribution is -2.22. The SMILES string of the molecule is CC(C)c1ccc2cnn(CC3CCNC3=O)c2c1. The Balaban J connectivity index is 1.94. The highest BCUT2D eigenvalue weighted by Gasteiger charge is 2.25. The number of fused-ring (bicyclic) bond motifs is 1. The molecule has 1 aliphatic rings. The first-order chi connectivity index (χ1) is 9.15. The fourth-order valence-electron chi connectivity index (χ4n) is 2.62. The minimum atomic E-state index is 0.0609. The summed E-state index contributed by atoms with van der Waals surface area (Å²) in [5.74, 6) is 0.719. The molecule has 1 aromatic heterocycles. The Morgan fingerprint density at radius 3 is 3.00 bits per heavy atom. The van der Waals surface area contributed by atoms with E-state index in [-0.39, 0.29) is 11.8 Å². The maximum atomic E-state index is 11.7. The molecule has 4 nitrogen and oxygen atoms in total. The Hall–Kier alpha value is -1.84. The molecule has 1 atom stereocenters. The number of benzene rings is 1. The zero-order chi connectivity index (χ0) is 13.4. The second kappa shape index (κ2) is 4.68. The lowest BCUT2D eigenvalue weighted by molar-refractivity contribution is -0.122. The highest BCUT2D eigenvalue weighted by molar-refractivity contribution is 5.82. The average Bonchev–Trinajstić information content (AvgIpc) is 2.97. The Labute approximate surface area is 112 Å². The maximum Gasteiger partial charge on any atom is 0.225 e. The van der Waals surface area contributed by atoms with Crippen molar-refractivity contribution >= 4 is 16.8 Å². The van der Waals surface area contributed by atoms with Crippen LogP contribution in [0.5, 0.6) is 0 Å². The van der Waals surface area contributed by atoms with Gasteiger partial charge in [-0.2, -0.15) is 5.10 Å². The van der Waals surface area contributed by atoms with Gasteiger partial charge in [0, 0.05) is 11.9 Å². The van der Waals surface area contributed by atoms with E-state index in [1.165, 1.54) is 5.56 Å². The smallest absolute Gasteiger partial charge is 0.225 e. The number of carbonyl (C=O) groups is 1. The van der Waals surface area contributed by atoms with Gasteiger partial charge in [-0.1, -0.05) is 26.0 Å². The van der Waals surface area contributed by atoms with Crippen molar-refractivity contribution in [3.8, 4) is 0 Å². The molecule has 0 radical (unpaired) electrons. The molecule has 1 amide bonds. The van der Waals surface area contributed by atoms with E-state index >= 15 is 0 Å². The van der Waals surface area contributed by atoms with E-state index in [1.807, 2.05) is 10.9 Å². The van der Waals surface area contributed by atoms with Crippen molar-refractivity contribution in [1.29, 1.82) is 0 Å². The molecular weight excluding hydrogens is 238 g/mol. The second-order valence-corrected chi connectivity index (χ2v) is 5.58. The van der Waals surface area contributed by atoms with Gasteiger partial charge in [-0.3, -0.25) is 9.48 Å². The molecule has 0 spiro atoms. The van der Waals surface area contributed by atoms with Crippen LogP contribution in [0.2, 0.25) is 0 Å². The third-order valence-corrected chi connectivity index (χ3v) is 3.89.